The van der Waals surface area contributed by atoms with Crippen LogP contribution in [0.2, 0.25) is 0 Å². The number of hydrogen-bond acceptors (Lipinski definition) is 4. The van der Waals surface area contributed by atoms with Crippen molar-refractivity contribution >= 4 is 17.4 Å². The van der Waals surface area contributed by atoms with E-state index in [1.807, 2.05) is 54.8 Å². The molecule has 0 aliphatic heterocycles. The largest absolute Gasteiger partial charge is 0.467 e. The molecule has 0 unspecified atom stereocenters. The Kier molecular flexibility index (Phi) is 5.28. The lowest BCUT2D eigenvalue weighted by molar-refractivity contribution is 0.186. The van der Waals surface area contributed by atoms with Gasteiger partial charge in [-0.05, 0) is 24.6 Å². The molecule has 124 valence electrons. The Bertz CT molecular complexity index is 769. The number of hydrogen-bond donors (Lipinski definition) is 1. The number of benzene rings is 1. The van der Waals surface area contributed by atoms with Crippen LogP contribution in [0.3, 0.4) is 0 Å². The molecule has 1 aromatic carbocycles. The first-order valence-electron chi connectivity index (χ1n) is 7.71. The number of carbonyl (C=O) groups is 1. The van der Waals surface area contributed by atoms with Crippen molar-refractivity contribution < 1.29 is 9.21 Å². The van der Waals surface area contributed by atoms with Crippen molar-refractivity contribution in [3.63, 3.8) is 0 Å². The van der Waals surface area contributed by atoms with Gasteiger partial charge in [0.05, 0.1) is 30.1 Å². The van der Waals surface area contributed by atoms with E-state index < -0.39 is 0 Å². The fourth-order valence-corrected chi connectivity index (χ4v) is 2.97. The summed E-state index contributed by atoms with van der Waals surface area (Å²) in [6.45, 7) is 3.31. The SMILES string of the molecule is Cc1nc(CNC(=O)N(Cc2ccccc2)Cc2ccco2)cs1. The molecular formula is C18H19N3O2S. The molecule has 3 aromatic rings. The molecule has 6 heteroatoms. The number of nitrogens with zero attached hydrogens (tertiary/aromatic N) is 2. The molecule has 0 spiro atoms. The second-order valence-corrected chi connectivity index (χ2v) is 6.50. The number of aryl methyl sites for hydroxylation is 1. The molecule has 5 nitrogen and oxygen atoms in total. The van der Waals surface area contributed by atoms with E-state index in [1.54, 1.807) is 22.5 Å². The minimum atomic E-state index is -0.138. The highest BCUT2D eigenvalue weighted by atomic mass is 32.1. The zero-order valence-electron chi connectivity index (χ0n) is 13.4. The van der Waals surface area contributed by atoms with E-state index in [9.17, 15) is 4.79 Å². The maximum atomic E-state index is 12.6. The molecule has 0 aliphatic rings. The van der Waals surface area contributed by atoms with Crippen molar-refractivity contribution in [2.45, 2.75) is 26.6 Å². The molecule has 2 aromatic heterocycles. The maximum absolute atomic E-state index is 12.6. The average molecular weight is 341 g/mol. The molecule has 0 radical (unpaired) electrons. The van der Waals surface area contributed by atoms with Gasteiger partial charge in [-0.15, -0.1) is 11.3 Å². The van der Waals surface area contributed by atoms with Gasteiger partial charge in [0.1, 0.15) is 5.76 Å². The monoisotopic (exact) mass is 341 g/mol. The van der Waals surface area contributed by atoms with Crippen LogP contribution in [0.1, 0.15) is 22.0 Å². The minimum absolute atomic E-state index is 0.138. The van der Waals surface area contributed by atoms with E-state index in [1.165, 1.54) is 0 Å². The topological polar surface area (TPSA) is 58.4 Å². The highest BCUT2D eigenvalue weighted by molar-refractivity contribution is 7.09. The summed E-state index contributed by atoms with van der Waals surface area (Å²) in [5.74, 6) is 0.755. The minimum Gasteiger partial charge on any atom is -0.467 e. The van der Waals surface area contributed by atoms with Crippen LogP contribution in [0, 0.1) is 6.92 Å². The smallest absolute Gasteiger partial charge is 0.318 e. The summed E-state index contributed by atoms with van der Waals surface area (Å²) in [4.78, 5) is 18.7. The Morgan fingerprint density at radius 3 is 2.71 bits per heavy atom. The summed E-state index contributed by atoms with van der Waals surface area (Å²) >= 11 is 1.58. The molecule has 2 amide bonds. The van der Waals surface area contributed by atoms with Crippen LogP contribution in [0.15, 0.2) is 58.5 Å². The molecule has 0 saturated heterocycles. The third-order valence-electron chi connectivity index (χ3n) is 3.52. The van der Waals surface area contributed by atoms with Crippen molar-refractivity contribution in [3.8, 4) is 0 Å². The number of aromatic nitrogens is 1. The fourth-order valence-electron chi connectivity index (χ4n) is 2.36. The Labute approximate surface area is 144 Å². The third kappa shape index (κ3) is 4.45. The standard InChI is InChI=1S/C18H19N3O2S/c1-14-20-16(13-24-14)10-19-18(22)21(12-17-8-5-9-23-17)11-15-6-3-2-4-7-15/h2-9,13H,10-12H2,1H3,(H,19,22). The highest BCUT2D eigenvalue weighted by Crippen LogP contribution is 2.12. The first-order chi connectivity index (χ1) is 11.7. The van der Waals surface area contributed by atoms with E-state index in [0.717, 1.165) is 22.0 Å². The molecule has 0 atom stereocenters. The van der Waals surface area contributed by atoms with Crippen LogP contribution in [-0.4, -0.2) is 15.9 Å². The number of nitrogens with one attached hydrogen (secondary N) is 1. The van der Waals surface area contributed by atoms with Crippen LogP contribution >= 0.6 is 11.3 Å². The van der Waals surface area contributed by atoms with Gasteiger partial charge in [0, 0.05) is 11.9 Å². The van der Waals surface area contributed by atoms with Gasteiger partial charge < -0.3 is 14.6 Å². The molecule has 0 aliphatic carbocycles. The molecule has 2 heterocycles. The van der Waals surface area contributed by atoms with E-state index in [0.29, 0.717) is 19.6 Å². The van der Waals surface area contributed by atoms with Gasteiger partial charge in [-0.1, -0.05) is 30.3 Å². The van der Waals surface area contributed by atoms with Gasteiger partial charge in [-0.3, -0.25) is 0 Å². The Morgan fingerprint density at radius 2 is 2.04 bits per heavy atom. The van der Waals surface area contributed by atoms with E-state index in [-0.39, 0.29) is 6.03 Å². The molecular weight excluding hydrogens is 322 g/mol. The summed E-state index contributed by atoms with van der Waals surface area (Å²) in [6, 6.07) is 13.5. The molecule has 1 N–H and O–H groups in total. The summed E-state index contributed by atoms with van der Waals surface area (Å²) in [6.07, 6.45) is 1.62. The third-order valence-corrected chi connectivity index (χ3v) is 4.34. The quantitative estimate of drug-likeness (QED) is 0.738. The van der Waals surface area contributed by atoms with Gasteiger partial charge in [-0.2, -0.15) is 0 Å². The average Bonchev–Trinajstić information content (AvgIpc) is 3.24. The molecule has 3 rings (SSSR count). The molecule has 0 saturated carbocycles. The van der Waals surface area contributed by atoms with Crippen molar-refractivity contribution in [2.75, 3.05) is 0 Å². The number of carbonyl (C=O) groups excluding carboxylic acids is 1. The van der Waals surface area contributed by atoms with Gasteiger partial charge in [0.2, 0.25) is 0 Å². The van der Waals surface area contributed by atoms with E-state index in [4.69, 9.17) is 4.42 Å². The number of thiazole rings is 1. The Hall–Kier alpha value is -2.60. The van der Waals surface area contributed by atoms with Gasteiger partial charge >= 0.3 is 6.03 Å². The highest BCUT2D eigenvalue weighted by Gasteiger charge is 2.16. The zero-order valence-corrected chi connectivity index (χ0v) is 14.3. The van der Waals surface area contributed by atoms with Gasteiger partial charge in [-0.25, -0.2) is 9.78 Å². The Balaban J connectivity index is 1.66. The fraction of sp³-hybridized carbons (Fsp3) is 0.222. The maximum Gasteiger partial charge on any atom is 0.318 e. The van der Waals surface area contributed by atoms with Crippen LogP contribution < -0.4 is 5.32 Å². The predicted octanol–water partition coefficient (Wildman–Crippen LogP) is 3.96. The van der Waals surface area contributed by atoms with Crippen molar-refractivity contribution in [1.82, 2.24) is 15.2 Å². The van der Waals surface area contributed by atoms with Gasteiger partial charge in [0.15, 0.2) is 0 Å². The lowest BCUT2D eigenvalue weighted by Gasteiger charge is -2.22. The number of amides is 2. The van der Waals surface area contributed by atoms with Crippen LogP contribution in [0.25, 0.3) is 0 Å². The van der Waals surface area contributed by atoms with Crippen molar-refractivity contribution in [2.24, 2.45) is 0 Å². The summed E-state index contributed by atoms with van der Waals surface area (Å²) in [7, 11) is 0. The van der Waals surface area contributed by atoms with Crippen molar-refractivity contribution in [1.29, 1.82) is 0 Å². The van der Waals surface area contributed by atoms with Crippen LogP contribution in [-0.2, 0) is 19.6 Å². The van der Waals surface area contributed by atoms with Gasteiger partial charge in [0.25, 0.3) is 0 Å². The zero-order chi connectivity index (χ0) is 16.8. The molecule has 0 bridgehead atoms. The second kappa shape index (κ2) is 7.79. The number of furan rings is 1. The van der Waals surface area contributed by atoms with Crippen LogP contribution in [0.4, 0.5) is 4.79 Å². The normalized spacial score (nSPS) is 10.5. The lowest BCUT2D eigenvalue weighted by Crippen LogP contribution is -2.38. The summed E-state index contributed by atoms with van der Waals surface area (Å²) in [5.41, 5.74) is 1.95. The molecule has 0 fully saturated rings. The van der Waals surface area contributed by atoms with E-state index >= 15 is 0 Å². The number of urea groups is 1. The number of rotatable bonds is 6. The predicted molar refractivity (Wildman–Crippen MR) is 93.5 cm³/mol. The summed E-state index contributed by atoms with van der Waals surface area (Å²) < 4.78 is 5.39. The Morgan fingerprint density at radius 1 is 1.21 bits per heavy atom. The first-order valence-corrected chi connectivity index (χ1v) is 8.59. The van der Waals surface area contributed by atoms with Crippen LogP contribution in [0.5, 0.6) is 0 Å². The summed E-state index contributed by atoms with van der Waals surface area (Å²) in [5, 5.41) is 5.89. The molecule has 24 heavy (non-hydrogen) atoms. The second-order valence-electron chi connectivity index (χ2n) is 5.44. The lowest BCUT2D eigenvalue weighted by atomic mass is 10.2. The first kappa shape index (κ1) is 16.3. The van der Waals surface area contributed by atoms with E-state index in [2.05, 4.69) is 10.3 Å². The van der Waals surface area contributed by atoms with Crippen molar-refractivity contribution in [3.05, 3.63) is 76.1 Å².